The second-order valence-corrected chi connectivity index (χ2v) is 5.97. The molecule has 15 heavy (non-hydrogen) atoms. The van der Waals surface area contributed by atoms with Gasteiger partial charge < -0.3 is 0 Å². The first-order valence-corrected chi connectivity index (χ1v) is 6.44. The quantitative estimate of drug-likeness (QED) is 0.579. The number of imide groups is 1. The second-order valence-electron chi connectivity index (χ2n) is 5.32. The molecule has 1 saturated carbocycles. The third kappa shape index (κ3) is 1.45. The molecule has 1 saturated heterocycles. The van der Waals surface area contributed by atoms with Crippen LogP contribution in [0.1, 0.15) is 20.8 Å². The van der Waals surface area contributed by atoms with Crippen LogP contribution in [0.5, 0.6) is 0 Å². The zero-order valence-corrected chi connectivity index (χ0v) is 10.9. The monoisotopic (exact) mass is 273 g/mol. The topological polar surface area (TPSA) is 37.4 Å². The van der Waals surface area contributed by atoms with Crippen molar-refractivity contribution in [3.05, 3.63) is 0 Å². The summed E-state index contributed by atoms with van der Waals surface area (Å²) in [7, 11) is 0. The highest BCUT2D eigenvalue weighted by Crippen LogP contribution is 2.63. The summed E-state index contributed by atoms with van der Waals surface area (Å²) < 4.78 is 0. The maximum Gasteiger partial charge on any atom is 0.233 e. The number of rotatable bonds is 3. The third-order valence-corrected chi connectivity index (χ3v) is 4.75. The van der Waals surface area contributed by atoms with Crippen molar-refractivity contribution in [2.45, 2.75) is 20.8 Å². The fourth-order valence-electron chi connectivity index (χ4n) is 2.54. The van der Waals surface area contributed by atoms with Gasteiger partial charge in [-0.25, -0.2) is 0 Å². The SMILES string of the molecule is CC(CBr)CN1C(=O)C2C(C1=O)C2(C)C. The molecule has 2 rings (SSSR count). The van der Waals surface area contributed by atoms with Crippen LogP contribution in [0.3, 0.4) is 0 Å². The third-order valence-electron chi connectivity index (χ3n) is 3.65. The molecule has 0 N–H and O–H groups in total. The normalized spacial score (nSPS) is 34.3. The molecule has 3 atom stereocenters. The number of fused-ring (bicyclic) bond motifs is 1. The summed E-state index contributed by atoms with van der Waals surface area (Å²) in [6.45, 7) is 6.60. The van der Waals surface area contributed by atoms with Crippen molar-refractivity contribution in [3.8, 4) is 0 Å². The first-order valence-electron chi connectivity index (χ1n) is 5.32. The molecule has 0 radical (unpaired) electrons. The number of alkyl halides is 1. The van der Waals surface area contributed by atoms with Crippen LogP contribution in [0.15, 0.2) is 0 Å². The lowest BCUT2D eigenvalue weighted by Gasteiger charge is -2.22. The van der Waals surface area contributed by atoms with Gasteiger partial charge >= 0.3 is 0 Å². The molecular formula is C11H16BrNO2. The minimum absolute atomic E-state index is 0.0347. The molecule has 1 heterocycles. The molecule has 3 nitrogen and oxygen atoms in total. The first kappa shape index (κ1) is 11.1. The minimum atomic E-state index is -0.0810. The number of halogens is 1. The largest absolute Gasteiger partial charge is 0.282 e. The molecule has 2 fully saturated rings. The molecule has 1 aliphatic heterocycles. The zero-order chi connectivity index (χ0) is 11.4. The van der Waals surface area contributed by atoms with Gasteiger partial charge in [-0.3, -0.25) is 14.5 Å². The molecule has 3 unspecified atom stereocenters. The van der Waals surface area contributed by atoms with Crippen LogP contribution >= 0.6 is 15.9 Å². The highest BCUT2D eigenvalue weighted by molar-refractivity contribution is 9.09. The Labute approximate surface area is 98.3 Å². The molecule has 2 aliphatic rings. The Kier molecular flexibility index (Phi) is 2.45. The standard InChI is InChI=1S/C11H16BrNO2/c1-6(4-12)5-13-9(14)7-8(10(13)15)11(7,2)3/h6-8H,4-5H2,1-3H3. The summed E-state index contributed by atoms with van der Waals surface area (Å²) in [5.74, 6) is 0.351. The summed E-state index contributed by atoms with van der Waals surface area (Å²) in [6, 6.07) is 0. The van der Waals surface area contributed by atoms with Crippen LogP contribution < -0.4 is 0 Å². The van der Waals surface area contributed by atoms with Crippen molar-refractivity contribution in [2.24, 2.45) is 23.2 Å². The molecule has 84 valence electrons. The van der Waals surface area contributed by atoms with Gasteiger partial charge in [0, 0.05) is 11.9 Å². The number of carbonyl (C=O) groups excluding carboxylic acids is 2. The van der Waals surface area contributed by atoms with E-state index in [0.29, 0.717) is 12.5 Å². The van der Waals surface area contributed by atoms with Crippen molar-refractivity contribution < 1.29 is 9.59 Å². The van der Waals surface area contributed by atoms with Crippen LogP contribution in [0, 0.1) is 23.2 Å². The Morgan fingerprint density at radius 3 is 2.20 bits per heavy atom. The van der Waals surface area contributed by atoms with Crippen molar-refractivity contribution in [1.82, 2.24) is 4.90 Å². The van der Waals surface area contributed by atoms with E-state index in [1.807, 2.05) is 20.8 Å². The van der Waals surface area contributed by atoms with E-state index in [9.17, 15) is 9.59 Å². The molecule has 0 aromatic rings. The summed E-state index contributed by atoms with van der Waals surface area (Å²) in [5.41, 5.74) is -0.0810. The lowest BCUT2D eigenvalue weighted by molar-refractivity contribution is -0.143. The number of amides is 2. The molecule has 4 heteroatoms. The van der Waals surface area contributed by atoms with Gasteiger partial charge in [0.05, 0.1) is 11.8 Å². The number of hydrogen-bond donors (Lipinski definition) is 0. The van der Waals surface area contributed by atoms with E-state index >= 15 is 0 Å². The van der Waals surface area contributed by atoms with Gasteiger partial charge in [-0.2, -0.15) is 0 Å². The number of hydrogen-bond acceptors (Lipinski definition) is 2. The van der Waals surface area contributed by atoms with Crippen LogP contribution in [-0.2, 0) is 9.59 Å². The lowest BCUT2D eigenvalue weighted by atomic mass is 10.0. The fraction of sp³-hybridized carbons (Fsp3) is 0.818. The van der Waals surface area contributed by atoms with Crippen molar-refractivity contribution in [1.29, 1.82) is 0 Å². The first-order chi connectivity index (χ1) is 6.91. The van der Waals surface area contributed by atoms with E-state index in [1.54, 1.807) is 0 Å². The maximum atomic E-state index is 11.9. The predicted octanol–water partition coefficient (Wildman–Crippen LogP) is 1.66. The number of likely N-dealkylation sites (tertiary alicyclic amines) is 1. The number of piperidine rings is 1. The van der Waals surface area contributed by atoms with Crippen LogP contribution in [0.2, 0.25) is 0 Å². The van der Waals surface area contributed by atoms with Crippen LogP contribution in [0.25, 0.3) is 0 Å². The van der Waals surface area contributed by atoms with Gasteiger partial charge in [0.25, 0.3) is 0 Å². The summed E-state index contributed by atoms with van der Waals surface area (Å²) >= 11 is 3.36. The van der Waals surface area contributed by atoms with Crippen LogP contribution in [-0.4, -0.2) is 28.6 Å². The highest BCUT2D eigenvalue weighted by Gasteiger charge is 2.72. The van der Waals surface area contributed by atoms with E-state index in [4.69, 9.17) is 0 Å². The predicted molar refractivity (Wildman–Crippen MR) is 60.4 cm³/mol. The maximum absolute atomic E-state index is 11.9. The van der Waals surface area contributed by atoms with Crippen molar-refractivity contribution in [3.63, 3.8) is 0 Å². The highest BCUT2D eigenvalue weighted by atomic mass is 79.9. The summed E-state index contributed by atoms with van der Waals surface area (Å²) in [5, 5.41) is 0.822. The van der Waals surface area contributed by atoms with E-state index in [2.05, 4.69) is 15.9 Å². The van der Waals surface area contributed by atoms with Gasteiger partial charge in [0.2, 0.25) is 11.8 Å². The Balaban J connectivity index is 2.08. The van der Waals surface area contributed by atoms with Gasteiger partial charge in [-0.15, -0.1) is 0 Å². The van der Waals surface area contributed by atoms with E-state index < -0.39 is 0 Å². The van der Waals surface area contributed by atoms with E-state index in [0.717, 1.165) is 5.33 Å². The second kappa shape index (κ2) is 3.30. The molecule has 1 aliphatic carbocycles. The van der Waals surface area contributed by atoms with Gasteiger partial charge in [-0.1, -0.05) is 36.7 Å². The van der Waals surface area contributed by atoms with Crippen molar-refractivity contribution in [2.75, 3.05) is 11.9 Å². The van der Waals surface area contributed by atoms with Crippen LogP contribution in [0.4, 0.5) is 0 Å². The van der Waals surface area contributed by atoms with E-state index in [1.165, 1.54) is 4.90 Å². The Morgan fingerprint density at radius 1 is 1.33 bits per heavy atom. The lowest BCUT2D eigenvalue weighted by Crippen LogP contribution is -2.39. The molecule has 0 aromatic carbocycles. The molecule has 0 aromatic heterocycles. The molecule has 0 bridgehead atoms. The fourth-order valence-corrected chi connectivity index (χ4v) is 2.75. The number of carbonyl (C=O) groups is 2. The Hall–Kier alpha value is -0.380. The summed E-state index contributed by atoms with van der Waals surface area (Å²) in [6.07, 6.45) is 0. The minimum Gasteiger partial charge on any atom is -0.282 e. The van der Waals surface area contributed by atoms with Gasteiger partial charge in [0.15, 0.2) is 0 Å². The molecule has 0 spiro atoms. The van der Waals surface area contributed by atoms with E-state index in [-0.39, 0.29) is 29.1 Å². The number of nitrogens with zero attached hydrogens (tertiary/aromatic N) is 1. The van der Waals surface area contributed by atoms with Crippen molar-refractivity contribution >= 4 is 27.7 Å². The average molecular weight is 274 g/mol. The van der Waals surface area contributed by atoms with Gasteiger partial charge in [0.1, 0.15) is 0 Å². The Morgan fingerprint density at radius 2 is 1.80 bits per heavy atom. The smallest absolute Gasteiger partial charge is 0.233 e. The van der Waals surface area contributed by atoms with Gasteiger partial charge in [-0.05, 0) is 11.3 Å². The zero-order valence-electron chi connectivity index (χ0n) is 9.29. The molecular weight excluding hydrogens is 258 g/mol. The summed E-state index contributed by atoms with van der Waals surface area (Å²) in [4.78, 5) is 25.3. The average Bonchev–Trinajstić information content (AvgIpc) is 2.64. The Bertz CT molecular complexity index is 303. The molecule has 2 amide bonds.